The van der Waals surface area contributed by atoms with Crippen molar-refractivity contribution in [2.24, 2.45) is 0 Å². The number of benzene rings is 1. The number of aromatic amines is 1. The van der Waals surface area contributed by atoms with Crippen molar-refractivity contribution in [1.29, 1.82) is 0 Å². The highest BCUT2D eigenvalue weighted by molar-refractivity contribution is 5.94. The zero-order valence-corrected chi connectivity index (χ0v) is 13.2. The topological polar surface area (TPSA) is 96.4 Å². The number of aromatic hydroxyl groups is 1. The van der Waals surface area contributed by atoms with Gasteiger partial charge in [-0.25, -0.2) is 0 Å². The smallest absolute Gasteiger partial charge is 0.270 e. The molecule has 1 atom stereocenters. The Morgan fingerprint density at radius 2 is 2.09 bits per heavy atom. The fourth-order valence-corrected chi connectivity index (χ4v) is 2.98. The average molecular weight is 317 g/mol. The second-order valence-corrected chi connectivity index (χ2v) is 5.90. The van der Waals surface area contributed by atoms with Gasteiger partial charge >= 0.3 is 0 Å². The molecular weight excluding hydrogens is 298 g/mol. The predicted octanol–water partition coefficient (Wildman–Crippen LogP) is 1.95. The molecule has 1 aliphatic heterocycles. The van der Waals surface area contributed by atoms with Crippen molar-refractivity contribution in [2.45, 2.75) is 32.2 Å². The van der Waals surface area contributed by atoms with E-state index in [-0.39, 0.29) is 29.7 Å². The van der Waals surface area contributed by atoms with Gasteiger partial charge < -0.3 is 15.2 Å². The number of fused-ring (bicyclic) bond motifs is 1. The monoisotopic (exact) mass is 317 g/mol. The third-order valence-corrected chi connectivity index (χ3v) is 4.08. The molecule has 0 fully saturated rings. The summed E-state index contributed by atoms with van der Waals surface area (Å²) in [6, 6.07) is 4.94. The number of H-pyrrole nitrogens is 1. The minimum atomic E-state index is -0.403. The number of nitrogens with one attached hydrogen (secondary N) is 2. The Bertz CT molecular complexity index is 819. The number of hydrogen-bond acceptors (Lipinski definition) is 4. The van der Waals surface area contributed by atoms with Gasteiger partial charge in [-0.2, -0.15) is 0 Å². The van der Waals surface area contributed by atoms with Crippen molar-refractivity contribution in [3.05, 3.63) is 39.7 Å². The lowest BCUT2D eigenvalue weighted by atomic mass is 9.87. The molecule has 0 unspecified atom stereocenters. The van der Waals surface area contributed by atoms with Crippen LogP contribution in [0.2, 0.25) is 0 Å². The summed E-state index contributed by atoms with van der Waals surface area (Å²) in [6.45, 7) is 3.84. The highest BCUT2D eigenvalue weighted by Gasteiger charge is 2.33. The minimum absolute atomic E-state index is 0.00905. The van der Waals surface area contributed by atoms with E-state index in [9.17, 15) is 14.7 Å². The Morgan fingerprint density at radius 1 is 1.35 bits per heavy atom. The summed E-state index contributed by atoms with van der Waals surface area (Å²) >= 11 is 0. The molecule has 23 heavy (non-hydrogen) atoms. The van der Waals surface area contributed by atoms with Gasteiger partial charge in [0, 0.05) is 18.4 Å². The zero-order chi connectivity index (χ0) is 16.7. The number of phenols is 1. The lowest BCUT2D eigenvalue weighted by Crippen LogP contribution is -2.27. The van der Waals surface area contributed by atoms with Gasteiger partial charge in [0.05, 0.1) is 12.7 Å². The number of phenolic OH excluding ortho intramolecular Hbond substituents is 1. The average Bonchev–Trinajstić information content (AvgIpc) is 2.83. The number of anilines is 1. The van der Waals surface area contributed by atoms with E-state index in [1.807, 2.05) is 13.8 Å². The van der Waals surface area contributed by atoms with E-state index in [1.165, 1.54) is 13.2 Å². The molecule has 2 heterocycles. The number of aromatic nitrogens is 2. The van der Waals surface area contributed by atoms with Crippen molar-refractivity contribution >= 4 is 11.7 Å². The molecule has 7 nitrogen and oxygen atoms in total. The van der Waals surface area contributed by atoms with Crippen LogP contribution in [0.5, 0.6) is 11.5 Å². The first-order valence-electron chi connectivity index (χ1n) is 7.43. The fraction of sp³-hybridized carbons (Fsp3) is 0.375. The highest BCUT2D eigenvalue weighted by atomic mass is 16.5. The van der Waals surface area contributed by atoms with Crippen molar-refractivity contribution in [1.82, 2.24) is 9.78 Å². The van der Waals surface area contributed by atoms with Crippen molar-refractivity contribution < 1.29 is 14.6 Å². The molecular formula is C16H19N3O4. The van der Waals surface area contributed by atoms with Crippen molar-refractivity contribution in [3.8, 4) is 11.5 Å². The molecule has 1 amide bonds. The van der Waals surface area contributed by atoms with E-state index in [0.717, 1.165) is 0 Å². The van der Waals surface area contributed by atoms with Crippen molar-refractivity contribution in [2.75, 3.05) is 12.4 Å². The summed E-state index contributed by atoms with van der Waals surface area (Å²) in [5.41, 5.74) is 0.989. The molecule has 7 heteroatoms. The number of carbonyl (C=O) groups is 1. The Kier molecular flexibility index (Phi) is 3.63. The zero-order valence-electron chi connectivity index (χ0n) is 13.2. The van der Waals surface area contributed by atoms with Crippen LogP contribution in [0, 0.1) is 0 Å². The summed E-state index contributed by atoms with van der Waals surface area (Å²) in [7, 11) is 1.47. The molecule has 1 aromatic heterocycles. The lowest BCUT2D eigenvalue weighted by molar-refractivity contribution is -0.116. The second-order valence-electron chi connectivity index (χ2n) is 5.90. The summed E-state index contributed by atoms with van der Waals surface area (Å²) in [4.78, 5) is 24.4. The van der Waals surface area contributed by atoms with Crippen LogP contribution in [-0.4, -0.2) is 27.9 Å². The summed E-state index contributed by atoms with van der Waals surface area (Å²) < 4.78 is 6.69. The first kappa shape index (κ1) is 15.2. The molecule has 3 N–H and O–H groups in total. The third-order valence-electron chi connectivity index (χ3n) is 4.08. The highest BCUT2D eigenvalue weighted by Crippen LogP contribution is 2.38. The number of hydrogen-bond donors (Lipinski definition) is 3. The van der Waals surface area contributed by atoms with Gasteiger partial charge in [-0.15, -0.1) is 0 Å². The summed E-state index contributed by atoms with van der Waals surface area (Å²) in [5, 5.41) is 15.5. The van der Waals surface area contributed by atoms with Crippen LogP contribution >= 0.6 is 0 Å². The number of amides is 1. The first-order chi connectivity index (χ1) is 10.9. The maximum atomic E-state index is 12.4. The molecule has 0 saturated carbocycles. The molecule has 0 radical (unpaired) electrons. The second kappa shape index (κ2) is 5.49. The molecule has 0 bridgehead atoms. The van der Waals surface area contributed by atoms with Gasteiger partial charge in [0.25, 0.3) is 5.56 Å². The number of methoxy groups -OCH3 is 1. The third kappa shape index (κ3) is 2.48. The Balaban J connectivity index is 2.14. The quantitative estimate of drug-likeness (QED) is 0.806. The van der Waals surface area contributed by atoms with Gasteiger partial charge in [-0.3, -0.25) is 19.4 Å². The van der Waals surface area contributed by atoms with Crippen LogP contribution in [0.25, 0.3) is 0 Å². The van der Waals surface area contributed by atoms with Gasteiger partial charge in [0.2, 0.25) is 5.91 Å². The number of ether oxygens (including phenoxy) is 1. The molecule has 0 saturated heterocycles. The number of rotatable bonds is 3. The van der Waals surface area contributed by atoms with E-state index in [2.05, 4.69) is 10.4 Å². The molecule has 3 rings (SSSR count). The van der Waals surface area contributed by atoms with Crippen LogP contribution in [0.3, 0.4) is 0 Å². The van der Waals surface area contributed by atoms with Gasteiger partial charge in [-0.05, 0) is 31.5 Å². The van der Waals surface area contributed by atoms with E-state index in [4.69, 9.17) is 4.74 Å². The van der Waals surface area contributed by atoms with E-state index in [0.29, 0.717) is 22.7 Å². The van der Waals surface area contributed by atoms with E-state index in [1.54, 1.807) is 16.8 Å². The Labute approximate surface area is 132 Å². The molecule has 2 aromatic rings. The molecule has 122 valence electrons. The van der Waals surface area contributed by atoms with Gasteiger partial charge in [0.1, 0.15) is 5.82 Å². The van der Waals surface area contributed by atoms with Crippen LogP contribution < -0.4 is 15.6 Å². The normalized spacial score (nSPS) is 17.0. The first-order valence-corrected chi connectivity index (χ1v) is 7.43. The fourth-order valence-electron chi connectivity index (χ4n) is 2.98. The van der Waals surface area contributed by atoms with Crippen LogP contribution in [0.1, 0.15) is 43.4 Å². The lowest BCUT2D eigenvalue weighted by Gasteiger charge is -2.24. The predicted molar refractivity (Wildman–Crippen MR) is 85.2 cm³/mol. The van der Waals surface area contributed by atoms with E-state index < -0.39 is 5.92 Å². The van der Waals surface area contributed by atoms with Crippen LogP contribution in [0.4, 0.5) is 5.82 Å². The Morgan fingerprint density at radius 3 is 2.70 bits per heavy atom. The molecule has 0 aliphatic carbocycles. The molecule has 0 spiro atoms. The maximum absolute atomic E-state index is 12.4. The Hall–Kier alpha value is -2.70. The van der Waals surface area contributed by atoms with Gasteiger partial charge in [0.15, 0.2) is 11.5 Å². The number of nitrogens with zero attached hydrogens (tertiary/aromatic N) is 1. The SMILES string of the molecule is COc1ccc([C@H]2CC(=O)Nc3c2c(=O)[nH]n3C(C)C)cc1O. The molecule has 1 aromatic carbocycles. The minimum Gasteiger partial charge on any atom is -0.504 e. The van der Waals surface area contributed by atoms with Gasteiger partial charge in [-0.1, -0.05) is 6.07 Å². The summed E-state index contributed by atoms with van der Waals surface area (Å²) in [6.07, 6.45) is 0.157. The van der Waals surface area contributed by atoms with E-state index >= 15 is 0 Å². The molecule has 1 aliphatic rings. The standard InChI is InChI=1S/C16H19N3O4/c1-8(2)19-15-14(16(22)18-19)10(7-13(21)17-15)9-4-5-12(23-3)11(20)6-9/h4-6,8,10,20H,7H2,1-3H3,(H,17,21)(H,18,22)/t10-/m1/s1. The summed E-state index contributed by atoms with van der Waals surface area (Å²) in [5.74, 6) is 0.271. The van der Waals surface area contributed by atoms with Crippen molar-refractivity contribution in [3.63, 3.8) is 0 Å². The number of carbonyl (C=O) groups excluding carboxylic acids is 1. The van der Waals surface area contributed by atoms with Crippen LogP contribution in [0.15, 0.2) is 23.0 Å². The van der Waals surface area contributed by atoms with Crippen LogP contribution in [-0.2, 0) is 4.79 Å². The largest absolute Gasteiger partial charge is 0.504 e. The maximum Gasteiger partial charge on any atom is 0.270 e.